The predicted molar refractivity (Wildman–Crippen MR) is 59.4 cm³/mol. The van der Waals surface area contributed by atoms with Gasteiger partial charge in [-0.3, -0.25) is 4.79 Å². The van der Waals surface area contributed by atoms with Crippen LogP contribution < -0.4 is 9.64 Å². The van der Waals surface area contributed by atoms with Crippen LogP contribution in [-0.4, -0.2) is 25.2 Å². The Morgan fingerprint density at radius 2 is 2.11 bits per heavy atom. The second-order valence-electron chi connectivity index (χ2n) is 3.98. The molecule has 1 amide bonds. The van der Waals surface area contributed by atoms with Crippen molar-refractivity contribution >= 4 is 11.6 Å². The van der Waals surface area contributed by atoms with Crippen molar-refractivity contribution in [3.8, 4) is 11.8 Å². The minimum atomic E-state index is -4.66. The van der Waals surface area contributed by atoms with E-state index < -0.39 is 24.5 Å². The quantitative estimate of drug-likeness (QED) is 0.827. The molecule has 0 radical (unpaired) electrons. The summed E-state index contributed by atoms with van der Waals surface area (Å²) in [5, 5.41) is 8.59. The van der Waals surface area contributed by atoms with Crippen LogP contribution in [0.3, 0.4) is 0 Å². The number of anilines is 1. The molecule has 1 heterocycles. The third-order valence-electron chi connectivity index (χ3n) is 2.72. The van der Waals surface area contributed by atoms with Gasteiger partial charge in [-0.2, -0.15) is 18.4 Å². The van der Waals surface area contributed by atoms with Crippen LogP contribution in [0.1, 0.15) is 0 Å². The number of para-hydroxylation sites is 2. The van der Waals surface area contributed by atoms with Gasteiger partial charge < -0.3 is 9.64 Å². The summed E-state index contributed by atoms with van der Waals surface area (Å²) in [5.74, 6) is -2.48. The average Bonchev–Trinajstić information content (AvgIpc) is 2.36. The molecule has 4 nitrogen and oxygen atoms in total. The lowest BCUT2D eigenvalue weighted by Crippen LogP contribution is -2.44. The molecule has 0 fully saturated rings. The van der Waals surface area contributed by atoms with E-state index in [1.54, 1.807) is 18.2 Å². The van der Waals surface area contributed by atoms with E-state index >= 15 is 0 Å². The van der Waals surface area contributed by atoms with Gasteiger partial charge in [0.15, 0.2) is 12.5 Å². The zero-order chi connectivity index (χ0) is 14.0. The largest absolute Gasteiger partial charge is 0.482 e. The van der Waals surface area contributed by atoms with Gasteiger partial charge in [-0.05, 0) is 12.1 Å². The second kappa shape index (κ2) is 4.80. The third kappa shape index (κ3) is 2.62. The predicted octanol–water partition coefficient (Wildman–Crippen LogP) is 2.11. The molecule has 0 aliphatic carbocycles. The molecule has 0 N–H and O–H groups in total. The lowest BCUT2D eigenvalue weighted by Gasteiger charge is -2.30. The molecule has 0 spiro atoms. The summed E-state index contributed by atoms with van der Waals surface area (Å²) in [6, 6.07) is 7.46. The van der Waals surface area contributed by atoms with Crippen LogP contribution in [-0.2, 0) is 4.79 Å². The van der Waals surface area contributed by atoms with E-state index in [4.69, 9.17) is 10.00 Å². The summed E-state index contributed by atoms with van der Waals surface area (Å²) in [5.41, 5.74) is 0.253. The highest BCUT2D eigenvalue weighted by atomic mass is 19.4. The highest BCUT2D eigenvalue weighted by Crippen LogP contribution is 2.34. The maximum atomic E-state index is 12.6. The molecular formula is C12H9F3N2O2. The first-order chi connectivity index (χ1) is 8.93. The van der Waals surface area contributed by atoms with E-state index in [1.165, 1.54) is 12.1 Å². The molecule has 1 atom stereocenters. The molecule has 1 aromatic rings. The van der Waals surface area contributed by atoms with Crippen molar-refractivity contribution in [3.05, 3.63) is 24.3 Å². The van der Waals surface area contributed by atoms with Gasteiger partial charge in [-0.1, -0.05) is 12.1 Å². The van der Waals surface area contributed by atoms with Gasteiger partial charge >= 0.3 is 6.18 Å². The van der Waals surface area contributed by atoms with Crippen molar-refractivity contribution in [3.63, 3.8) is 0 Å². The Morgan fingerprint density at radius 3 is 2.74 bits per heavy atom. The SMILES string of the molecule is N#CC(CN1C(=O)COc2ccccc21)C(F)(F)F. The fourth-order valence-corrected chi connectivity index (χ4v) is 1.75. The highest BCUT2D eigenvalue weighted by molar-refractivity contribution is 5.97. The zero-order valence-corrected chi connectivity index (χ0v) is 9.65. The fourth-order valence-electron chi connectivity index (χ4n) is 1.75. The van der Waals surface area contributed by atoms with Gasteiger partial charge in [0.1, 0.15) is 5.75 Å². The van der Waals surface area contributed by atoms with Crippen molar-refractivity contribution < 1.29 is 22.7 Å². The molecule has 1 aromatic carbocycles. The van der Waals surface area contributed by atoms with Crippen molar-refractivity contribution in [2.24, 2.45) is 5.92 Å². The Bertz CT molecular complexity index is 537. The Hall–Kier alpha value is -2.23. The van der Waals surface area contributed by atoms with E-state index in [0.717, 1.165) is 4.90 Å². The normalized spacial score (nSPS) is 16.3. The van der Waals surface area contributed by atoms with Gasteiger partial charge in [0.05, 0.1) is 18.3 Å². The van der Waals surface area contributed by atoms with E-state index in [9.17, 15) is 18.0 Å². The molecule has 7 heteroatoms. The number of carbonyl (C=O) groups excluding carboxylic acids is 1. The maximum absolute atomic E-state index is 12.6. The van der Waals surface area contributed by atoms with Crippen molar-refractivity contribution in [1.29, 1.82) is 5.26 Å². The number of ether oxygens (including phenoxy) is 1. The Kier molecular flexibility index (Phi) is 3.34. The van der Waals surface area contributed by atoms with Crippen LogP contribution in [0.4, 0.5) is 18.9 Å². The Labute approximate surface area is 107 Å². The smallest absolute Gasteiger partial charge is 0.406 e. The monoisotopic (exact) mass is 270 g/mol. The maximum Gasteiger partial charge on any atom is 0.406 e. The van der Waals surface area contributed by atoms with Gasteiger partial charge in [0.2, 0.25) is 0 Å². The number of amides is 1. The zero-order valence-electron chi connectivity index (χ0n) is 9.65. The van der Waals surface area contributed by atoms with E-state index in [-0.39, 0.29) is 12.3 Å². The number of nitrogens with zero attached hydrogens (tertiary/aromatic N) is 2. The first-order valence-corrected chi connectivity index (χ1v) is 5.42. The lowest BCUT2D eigenvalue weighted by molar-refractivity contribution is -0.157. The van der Waals surface area contributed by atoms with Crippen LogP contribution in [0.5, 0.6) is 5.75 Å². The number of carbonyl (C=O) groups is 1. The van der Waals surface area contributed by atoms with E-state index in [1.807, 2.05) is 0 Å². The molecule has 1 aliphatic rings. The summed E-state index contributed by atoms with van der Waals surface area (Å²) in [7, 11) is 0. The molecule has 0 saturated carbocycles. The Balaban J connectivity index is 2.30. The first kappa shape index (κ1) is 13.2. The van der Waals surface area contributed by atoms with Crippen LogP contribution in [0.25, 0.3) is 0 Å². The number of rotatable bonds is 2. The van der Waals surface area contributed by atoms with Crippen molar-refractivity contribution in [2.75, 3.05) is 18.1 Å². The summed E-state index contributed by atoms with van der Waals surface area (Å²) in [6.45, 7) is -1.05. The lowest BCUT2D eigenvalue weighted by atomic mass is 10.1. The number of hydrogen-bond acceptors (Lipinski definition) is 3. The first-order valence-electron chi connectivity index (χ1n) is 5.42. The van der Waals surface area contributed by atoms with Gasteiger partial charge in [0, 0.05) is 0 Å². The molecule has 0 saturated heterocycles. The summed E-state index contributed by atoms with van der Waals surface area (Å²) in [6.07, 6.45) is -4.66. The second-order valence-corrected chi connectivity index (χ2v) is 3.98. The highest BCUT2D eigenvalue weighted by Gasteiger charge is 2.42. The van der Waals surface area contributed by atoms with Crippen LogP contribution in [0.15, 0.2) is 24.3 Å². The van der Waals surface area contributed by atoms with Crippen LogP contribution in [0.2, 0.25) is 0 Å². The molecule has 0 aromatic heterocycles. The van der Waals surface area contributed by atoms with Crippen molar-refractivity contribution in [2.45, 2.75) is 6.18 Å². The molecule has 0 bridgehead atoms. The number of benzene rings is 1. The number of nitriles is 1. The van der Waals surface area contributed by atoms with Crippen LogP contribution >= 0.6 is 0 Å². The number of halogens is 3. The van der Waals surface area contributed by atoms with Gasteiger partial charge in [-0.25, -0.2) is 0 Å². The summed E-state index contributed by atoms with van der Waals surface area (Å²) < 4.78 is 42.9. The Morgan fingerprint density at radius 1 is 1.42 bits per heavy atom. The molecular weight excluding hydrogens is 261 g/mol. The molecule has 19 heavy (non-hydrogen) atoms. The fraction of sp³-hybridized carbons (Fsp3) is 0.333. The standard InChI is InChI=1S/C12H9F3N2O2/c13-12(14,15)8(5-16)6-17-9-3-1-2-4-10(9)19-7-11(17)18/h1-4,8H,6-7H2. The number of hydrogen-bond donors (Lipinski definition) is 0. The minimum Gasteiger partial charge on any atom is -0.482 e. The molecule has 2 rings (SSSR count). The summed E-state index contributed by atoms with van der Waals surface area (Å²) >= 11 is 0. The molecule has 1 aliphatic heterocycles. The topological polar surface area (TPSA) is 53.3 Å². The molecule has 1 unspecified atom stereocenters. The average molecular weight is 270 g/mol. The number of alkyl halides is 3. The molecule has 100 valence electrons. The third-order valence-corrected chi connectivity index (χ3v) is 2.72. The van der Waals surface area contributed by atoms with E-state index in [2.05, 4.69) is 0 Å². The summed E-state index contributed by atoms with van der Waals surface area (Å²) in [4.78, 5) is 12.6. The van der Waals surface area contributed by atoms with Crippen LogP contribution in [0, 0.1) is 17.2 Å². The van der Waals surface area contributed by atoms with Gasteiger partial charge in [-0.15, -0.1) is 0 Å². The van der Waals surface area contributed by atoms with Crippen molar-refractivity contribution in [1.82, 2.24) is 0 Å². The number of fused-ring (bicyclic) bond motifs is 1. The van der Waals surface area contributed by atoms with E-state index in [0.29, 0.717) is 5.75 Å². The minimum absolute atomic E-state index is 0.253. The van der Waals surface area contributed by atoms with Gasteiger partial charge in [0.25, 0.3) is 5.91 Å².